The lowest BCUT2D eigenvalue weighted by molar-refractivity contribution is -0.139. The molecule has 7 nitrogen and oxygen atoms in total. The Morgan fingerprint density at radius 1 is 1.41 bits per heavy atom. The molecule has 1 atom stereocenters. The van der Waals surface area contributed by atoms with Gasteiger partial charge in [0.25, 0.3) is 5.91 Å². The van der Waals surface area contributed by atoms with Gasteiger partial charge >= 0.3 is 5.97 Å². The van der Waals surface area contributed by atoms with Crippen molar-refractivity contribution in [1.29, 1.82) is 0 Å². The molecule has 1 aromatic carbocycles. The summed E-state index contributed by atoms with van der Waals surface area (Å²) in [6.07, 6.45) is 4.97. The Hall–Kier alpha value is -2.70. The molecule has 1 heterocycles. The molecule has 7 heteroatoms. The minimum absolute atomic E-state index is 0.385. The summed E-state index contributed by atoms with van der Waals surface area (Å²) in [5.41, 5.74) is 1.07. The molecular weight excluding hydrogens is 284 g/mol. The summed E-state index contributed by atoms with van der Waals surface area (Å²) in [5.74, 6) is -1.43. The van der Waals surface area contributed by atoms with Crippen molar-refractivity contribution in [2.75, 3.05) is 0 Å². The van der Waals surface area contributed by atoms with Gasteiger partial charge in [0, 0.05) is 5.56 Å². The fraction of sp³-hybridized carbons (Fsp3) is 0.333. The van der Waals surface area contributed by atoms with Crippen molar-refractivity contribution < 1.29 is 14.7 Å². The van der Waals surface area contributed by atoms with E-state index in [0.717, 1.165) is 12.8 Å². The number of carboxylic acid groups (broad SMARTS) is 1. The van der Waals surface area contributed by atoms with Crippen LogP contribution in [0, 0.1) is 0 Å². The number of carbonyl (C=O) groups excluding carboxylic acids is 1. The maximum atomic E-state index is 12.2. The number of nitrogens with zero attached hydrogens (tertiary/aromatic N) is 3. The van der Waals surface area contributed by atoms with Gasteiger partial charge < -0.3 is 10.4 Å². The second-order valence-electron chi connectivity index (χ2n) is 4.90. The van der Waals surface area contributed by atoms with Crippen molar-refractivity contribution in [3.05, 3.63) is 42.5 Å². The normalized spacial score (nSPS) is 11.9. The number of benzene rings is 1. The van der Waals surface area contributed by atoms with Crippen LogP contribution in [-0.4, -0.2) is 37.8 Å². The number of unbranched alkanes of at least 4 members (excludes halogenated alkanes) is 1. The quantitative estimate of drug-likeness (QED) is 0.810. The Morgan fingerprint density at radius 3 is 2.86 bits per heavy atom. The highest BCUT2D eigenvalue weighted by Crippen LogP contribution is 2.10. The topological polar surface area (TPSA) is 97.1 Å². The van der Waals surface area contributed by atoms with E-state index in [2.05, 4.69) is 15.4 Å². The highest BCUT2D eigenvalue weighted by atomic mass is 16.4. The molecule has 2 N–H and O–H groups in total. The van der Waals surface area contributed by atoms with Crippen molar-refractivity contribution in [2.24, 2.45) is 0 Å². The van der Waals surface area contributed by atoms with Crippen LogP contribution in [0.25, 0.3) is 5.69 Å². The van der Waals surface area contributed by atoms with Crippen LogP contribution in [0.5, 0.6) is 0 Å². The van der Waals surface area contributed by atoms with Gasteiger partial charge in [-0.3, -0.25) is 4.79 Å². The SMILES string of the molecule is CCCCC(NC(=O)c1cccc(-n2cncn2)c1)C(=O)O. The standard InChI is InChI=1S/C15H18N4O3/c1-2-3-7-13(15(21)22)18-14(20)11-5-4-6-12(8-11)19-10-16-9-17-19/h4-6,8-10,13H,2-3,7H2,1H3,(H,18,20)(H,21,22). The molecule has 0 aliphatic heterocycles. The van der Waals surface area contributed by atoms with E-state index in [1.54, 1.807) is 24.3 Å². The molecule has 0 fully saturated rings. The Balaban J connectivity index is 2.12. The summed E-state index contributed by atoms with van der Waals surface area (Å²) in [6, 6.07) is 5.91. The van der Waals surface area contributed by atoms with Crippen LogP contribution in [0.4, 0.5) is 0 Å². The van der Waals surface area contributed by atoms with Gasteiger partial charge in [0.05, 0.1) is 5.69 Å². The number of carbonyl (C=O) groups is 2. The number of hydrogen-bond acceptors (Lipinski definition) is 4. The number of aromatic nitrogens is 3. The van der Waals surface area contributed by atoms with Gasteiger partial charge in [-0.2, -0.15) is 5.10 Å². The van der Waals surface area contributed by atoms with Crippen molar-refractivity contribution in [3.63, 3.8) is 0 Å². The fourth-order valence-corrected chi connectivity index (χ4v) is 2.04. The minimum Gasteiger partial charge on any atom is -0.480 e. The molecule has 1 aromatic heterocycles. The van der Waals surface area contributed by atoms with Crippen LogP contribution in [-0.2, 0) is 4.79 Å². The first kappa shape index (κ1) is 15.7. The van der Waals surface area contributed by atoms with Crippen LogP contribution in [0.3, 0.4) is 0 Å². The van der Waals surface area contributed by atoms with Crippen LogP contribution >= 0.6 is 0 Å². The average molecular weight is 302 g/mol. The van der Waals surface area contributed by atoms with Crippen LogP contribution < -0.4 is 5.32 Å². The van der Waals surface area contributed by atoms with E-state index in [4.69, 9.17) is 5.11 Å². The molecule has 116 valence electrons. The molecule has 22 heavy (non-hydrogen) atoms. The highest BCUT2D eigenvalue weighted by molar-refractivity contribution is 5.97. The molecule has 0 saturated carbocycles. The molecule has 0 aliphatic carbocycles. The summed E-state index contributed by atoms with van der Waals surface area (Å²) < 4.78 is 1.53. The molecule has 0 saturated heterocycles. The second-order valence-corrected chi connectivity index (χ2v) is 4.90. The van der Waals surface area contributed by atoms with E-state index in [1.165, 1.54) is 17.3 Å². The Labute approximate surface area is 128 Å². The summed E-state index contributed by atoms with van der Waals surface area (Å²) in [4.78, 5) is 27.3. The lowest BCUT2D eigenvalue weighted by Crippen LogP contribution is -2.40. The van der Waals surface area contributed by atoms with Gasteiger partial charge in [-0.1, -0.05) is 25.8 Å². The molecule has 1 unspecified atom stereocenters. The summed E-state index contributed by atoms with van der Waals surface area (Å²) in [6.45, 7) is 1.97. The molecule has 0 spiro atoms. The van der Waals surface area contributed by atoms with Gasteiger partial charge in [0.1, 0.15) is 18.7 Å². The largest absolute Gasteiger partial charge is 0.480 e. The first-order chi connectivity index (χ1) is 10.6. The van der Waals surface area contributed by atoms with E-state index < -0.39 is 17.9 Å². The van der Waals surface area contributed by atoms with Gasteiger partial charge in [-0.05, 0) is 24.6 Å². The zero-order valence-corrected chi connectivity index (χ0v) is 12.3. The van der Waals surface area contributed by atoms with Crippen LogP contribution in [0.2, 0.25) is 0 Å². The van der Waals surface area contributed by atoms with E-state index >= 15 is 0 Å². The van der Waals surface area contributed by atoms with E-state index in [1.807, 2.05) is 6.92 Å². The third kappa shape index (κ3) is 3.91. The Kier molecular flexibility index (Phi) is 5.24. The summed E-state index contributed by atoms with van der Waals surface area (Å²) in [7, 11) is 0. The minimum atomic E-state index is -1.02. The maximum absolute atomic E-state index is 12.2. The number of hydrogen-bond donors (Lipinski definition) is 2. The smallest absolute Gasteiger partial charge is 0.326 e. The van der Waals surface area contributed by atoms with E-state index in [9.17, 15) is 9.59 Å². The average Bonchev–Trinajstić information content (AvgIpc) is 3.05. The third-order valence-corrected chi connectivity index (χ3v) is 3.24. The second kappa shape index (κ2) is 7.35. The first-order valence-electron chi connectivity index (χ1n) is 7.10. The molecule has 2 aromatic rings. The number of nitrogens with one attached hydrogen (secondary N) is 1. The van der Waals surface area contributed by atoms with Crippen LogP contribution in [0.1, 0.15) is 36.5 Å². The van der Waals surface area contributed by atoms with Crippen molar-refractivity contribution in [2.45, 2.75) is 32.2 Å². The van der Waals surface area contributed by atoms with E-state index in [-0.39, 0.29) is 0 Å². The summed E-state index contributed by atoms with van der Waals surface area (Å²) >= 11 is 0. The predicted molar refractivity (Wildman–Crippen MR) is 79.8 cm³/mol. The van der Waals surface area contributed by atoms with E-state index in [0.29, 0.717) is 17.7 Å². The monoisotopic (exact) mass is 302 g/mol. The zero-order valence-electron chi connectivity index (χ0n) is 12.3. The maximum Gasteiger partial charge on any atom is 0.326 e. The number of aliphatic carboxylic acids is 1. The van der Waals surface area contributed by atoms with Crippen molar-refractivity contribution in [3.8, 4) is 5.69 Å². The number of rotatable bonds is 7. The summed E-state index contributed by atoms with van der Waals surface area (Å²) in [5, 5.41) is 15.7. The van der Waals surface area contributed by atoms with Crippen molar-refractivity contribution >= 4 is 11.9 Å². The molecule has 0 bridgehead atoms. The lowest BCUT2D eigenvalue weighted by Gasteiger charge is -2.14. The van der Waals surface area contributed by atoms with Gasteiger partial charge in [0.15, 0.2) is 0 Å². The molecule has 2 rings (SSSR count). The zero-order chi connectivity index (χ0) is 15.9. The molecule has 0 aliphatic rings. The van der Waals surface area contributed by atoms with Gasteiger partial charge in [0.2, 0.25) is 0 Å². The molecule has 1 amide bonds. The van der Waals surface area contributed by atoms with Gasteiger partial charge in [-0.15, -0.1) is 0 Å². The first-order valence-corrected chi connectivity index (χ1v) is 7.10. The Bertz CT molecular complexity index is 640. The Morgan fingerprint density at radius 2 is 2.23 bits per heavy atom. The fourth-order valence-electron chi connectivity index (χ4n) is 2.04. The molecule has 0 radical (unpaired) electrons. The van der Waals surface area contributed by atoms with Crippen molar-refractivity contribution in [1.82, 2.24) is 20.1 Å². The predicted octanol–water partition coefficient (Wildman–Crippen LogP) is 1.64. The third-order valence-electron chi connectivity index (χ3n) is 3.24. The lowest BCUT2D eigenvalue weighted by atomic mass is 10.1. The van der Waals surface area contributed by atoms with Gasteiger partial charge in [-0.25, -0.2) is 14.5 Å². The highest BCUT2D eigenvalue weighted by Gasteiger charge is 2.20. The van der Waals surface area contributed by atoms with Crippen LogP contribution in [0.15, 0.2) is 36.9 Å². The number of carboxylic acids is 1. The number of amides is 1. The molecular formula is C15H18N4O3.